The molecule has 29 heavy (non-hydrogen) atoms. The Bertz CT molecular complexity index is 864. The van der Waals surface area contributed by atoms with Crippen molar-refractivity contribution in [2.75, 3.05) is 11.2 Å². The van der Waals surface area contributed by atoms with Crippen LogP contribution in [-0.4, -0.2) is 49.7 Å². The summed E-state index contributed by atoms with van der Waals surface area (Å²) in [5.74, 6) is -0.979. The lowest BCUT2D eigenvalue weighted by molar-refractivity contribution is -0.164. The quantitative estimate of drug-likeness (QED) is 0.594. The molecule has 8 nitrogen and oxygen atoms in total. The van der Waals surface area contributed by atoms with Gasteiger partial charge in [0.25, 0.3) is 0 Å². The van der Waals surface area contributed by atoms with E-state index in [1.54, 1.807) is 27.0 Å². The summed E-state index contributed by atoms with van der Waals surface area (Å²) < 4.78 is 6.89. The number of benzene rings is 1. The fourth-order valence-electron chi connectivity index (χ4n) is 2.97. The van der Waals surface area contributed by atoms with Crippen molar-refractivity contribution in [3.8, 4) is 0 Å². The number of thioether (sulfide) groups is 1. The van der Waals surface area contributed by atoms with Crippen molar-refractivity contribution >= 4 is 29.5 Å². The van der Waals surface area contributed by atoms with Crippen LogP contribution in [0.4, 0.5) is 0 Å². The highest BCUT2D eigenvalue weighted by Gasteiger charge is 2.44. The van der Waals surface area contributed by atoms with Gasteiger partial charge in [0.1, 0.15) is 29.8 Å². The SMILES string of the molecule is CC(C)(C)OC(=O)[C@@H]1CS[C@H](c2ccccc2)N1C(=O)CC(=O)Nn1ccnc1. The van der Waals surface area contributed by atoms with Crippen molar-refractivity contribution in [2.45, 2.75) is 44.2 Å². The van der Waals surface area contributed by atoms with E-state index < -0.39 is 29.4 Å². The number of nitrogens with one attached hydrogen (secondary N) is 1. The standard InChI is InChI=1S/C20H24N4O4S/c1-20(2,3)28-19(27)15-12-29-18(14-7-5-4-6-8-14)24(15)17(26)11-16(25)22-23-10-9-21-13-23/h4-10,13,15,18H,11-12H2,1-3H3,(H,22,25)/t15-,18+/m0/s1. The molecule has 1 aliphatic heterocycles. The Morgan fingerprint density at radius 1 is 1.24 bits per heavy atom. The number of hydrogen-bond donors (Lipinski definition) is 1. The first-order valence-electron chi connectivity index (χ1n) is 9.23. The van der Waals surface area contributed by atoms with Gasteiger partial charge in [-0.15, -0.1) is 11.8 Å². The zero-order valence-corrected chi connectivity index (χ0v) is 17.4. The fraction of sp³-hybridized carbons (Fsp3) is 0.400. The second-order valence-electron chi connectivity index (χ2n) is 7.63. The van der Waals surface area contributed by atoms with Crippen LogP contribution in [0.2, 0.25) is 0 Å². The number of rotatable bonds is 5. The summed E-state index contributed by atoms with van der Waals surface area (Å²) in [6.07, 6.45) is 4.11. The highest BCUT2D eigenvalue weighted by Crippen LogP contribution is 2.42. The van der Waals surface area contributed by atoms with E-state index >= 15 is 0 Å². The third-order valence-corrected chi connectivity index (χ3v) is 5.45. The van der Waals surface area contributed by atoms with E-state index in [9.17, 15) is 14.4 Å². The van der Waals surface area contributed by atoms with Crippen LogP contribution in [0.3, 0.4) is 0 Å². The number of esters is 1. The van der Waals surface area contributed by atoms with Gasteiger partial charge in [0.15, 0.2) is 0 Å². The summed E-state index contributed by atoms with van der Waals surface area (Å²) in [5, 5.41) is -0.359. The molecule has 1 N–H and O–H groups in total. The molecular formula is C20H24N4O4S. The second kappa shape index (κ2) is 8.69. The zero-order valence-electron chi connectivity index (χ0n) is 16.6. The third-order valence-electron chi connectivity index (χ3n) is 4.12. The van der Waals surface area contributed by atoms with Crippen LogP contribution in [0.15, 0.2) is 49.1 Å². The zero-order chi connectivity index (χ0) is 21.0. The van der Waals surface area contributed by atoms with Crippen LogP contribution >= 0.6 is 11.8 Å². The Hall–Kier alpha value is -2.81. The van der Waals surface area contributed by atoms with Gasteiger partial charge < -0.3 is 9.64 Å². The molecule has 1 aromatic heterocycles. The minimum Gasteiger partial charge on any atom is -0.458 e. The Morgan fingerprint density at radius 3 is 2.59 bits per heavy atom. The molecule has 154 valence electrons. The molecule has 2 atom stereocenters. The molecule has 1 fully saturated rings. The number of amides is 2. The molecule has 0 spiro atoms. The van der Waals surface area contributed by atoms with Gasteiger partial charge in [-0.1, -0.05) is 30.3 Å². The molecule has 9 heteroatoms. The summed E-state index contributed by atoms with van der Waals surface area (Å²) in [6, 6.07) is 8.70. The Morgan fingerprint density at radius 2 is 1.97 bits per heavy atom. The topological polar surface area (TPSA) is 93.5 Å². The Labute approximate surface area is 173 Å². The summed E-state index contributed by atoms with van der Waals surface area (Å²) >= 11 is 1.48. The Balaban J connectivity index is 1.79. The molecule has 1 saturated heterocycles. The summed E-state index contributed by atoms with van der Waals surface area (Å²) in [4.78, 5) is 43.4. The maximum Gasteiger partial charge on any atom is 0.330 e. The van der Waals surface area contributed by atoms with Crippen LogP contribution in [0, 0.1) is 0 Å². The maximum absolute atomic E-state index is 13.1. The number of carbonyl (C=O) groups is 3. The van der Waals surface area contributed by atoms with E-state index in [4.69, 9.17) is 4.74 Å². The lowest BCUT2D eigenvalue weighted by Gasteiger charge is -2.30. The van der Waals surface area contributed by atoms with Crippen LogP contribution in [0.25, 0.3) is 0 Å². The molecule has 1 aromatic carbocycles. The van der Waals surface area contributed by atoms with Gasteiger partial charge in [0.2, 0.25) is 11.8 Å². The van der Waals surface area contributed by atoms with Gasteiger partial charge in [0.05, 0.1) is 0 Å². The average Bonchev–Trinajstić information content (AvgIpc) is 3.30. The minimum absolute atomic E-state index is 0.359. The summed E-state index contributed by atoms with van der Waals surface area (Å²) in [5.41, 5.74) is 2.79. The van der Waals surface area contributed by atoms with E-state index in [0.717, 1.165) is 5.56 Å². The number of nitrogens with zero attached hydrogens (tertiary/aromatic N) is 3. The van der Waals surface area contributed by atoms with Crippen molar-refractivity contribution in [2.24, 2.45) is 0 Å². The van der Waals surface area contributed by atoms with Gasteiger partial charge in [0, 0.05) is 18.1 Å². The average molecular weight is 417 g/mol. The van der Waals surface area contributed by atoms with Crippen LogP contribution < -0.4 is 5.43 Å². The molecule has 2 amide bonds. The first-order valence-corrected chi connectivity index (χ1v) is 10.3. The second-order valence-corrected chi connectivity index (χ2v) is 8.74. The van der Waals surface area contributed by atoms with Gasteiger partial charge in [-0.05, 0) is 26.3 Å². The van der Waals surface area contributed by atoms with E-state index in [1.807, 2.05) is 30.3 Å². The van der Waals surface area contributed by atoms with Gasteiger partial charge in [-0.25, -0.2) is 14.5 Å². The molecular weight excluding hydrogens is 392 g/mol. The maximum atomic E-state index is 13.1. The molecule has 2 aromatic rings. The highest BCUT2D eigenvalue weighted by molar-refractivity contribution is 7.99. The van der Waals surface area contributed by atoms with Crippen molar-refractivity contribution < 1.29 is 19.1 Å². The van der Waals surface area contributed by atoms with Crippen LogP contribution in [0.1, 0.15) is 38.1 Å². The third kappa shape index (κ3) is 5.38. The number of hydrogen-bond acceptors (Lipinski definition) is 6. The monoisotopic (exact) mass is 416 g/mol. The summed E-state index contributed by atoms with van der Waals surface area (Å²) in [6.45, 7) is 5.35. The molecule has 1 aliphatic rings. The van der Waals surface area contributed by atoms with E-state index in [0.29, 0.717) is 5.75 Å². The van der Waals surface area contributed by atoms with Crippen LogP contribution in [-0.2, 0) is 19.1 Å². The van der Waals surface area contributed by atoms with Crippen molar-refractivity contribution in [1.82, 2.24) is 14.6 Å². The largest absolute Gasteiger partial charge is 0.458 e. The minimum atomic E-state index is -0.752. The van der Waals surface area contributed by atoms with Crippen LogP contribution in [0.5, 0.6) is 0 Å². The first kappa shape index (κ1) is 20.9. The smallest absolute Gasteiger partial charge is 0.330 e. The predicted molar refractivity (Wildman–Crippen MR) is 109 cm³/mol. The van der Waals surface area contributed by atoms with E-state index in [-0.39, 0.29) is 11.8 Å². The molecule has 0 bridgehead atoms. The summed E-state index contributed by atoms with van der Waals surface area (Å²) in [7, 11) is 0. The van der Waals surface area contributed by atoms with Gasteiger partial charge in [-0.2, -0.15) is 0 Å². The normalized spacial score (nSPS) is 19.1. The molecule has 0 unspecified atom stereocenters. The number of ether oxygens (including phenoxy) is 1. The molecule has 0 aliphatic carbocycles. The first-order chi connectivity index (χ1) is 13.7. The lowest BCUT2D eigenvalue weighted by atomic mass is 10.1. The molecule has 2 heterocycles. The van der Waals surface area contributed by atoms with Crippen molar-refractivity contribution in [3.05, 3.63) is 54.6 Å². The number of imidazole rings is 1. The molecule has 0 saturated carbocycles. The molecule has 3 rings (SSSR count). The predicted octanol–water partition coefficient (Wildman–Crippen LogP) is 2.33. The van der Waals surface area contributed by atoms with Crippen molar-refractivity contribution in [1.29, 1.82) is 0 Å². The Kier molecular flexibility index (Phi) is 6.26. The fourth-order valence-corrected chi connectivity index (χ4v) is 4.41. The van der Waals surface area contributed by atoms with E-state index in [1.165, 1.54) is 33.9 Å². The van der Waals surface area contributed by atoms with Gasteiger partial charge >= 0.3 is 5.97 Å². The number of aromatic nitrogens is 2. The van der Waals surface area contributed by atoms with E-state index in [2.05, 4.69) is 10.4 Å². The lowest BCUT2D eigenvalue weighted by Crippen LogP contribution is -2.46. The van der Waals surface area contributed by atoms with Crippen molar-refractivity contribution in [3.63, 3.8) is 0 Å². The highest BCUT2D eigenvalue weighted by atomic mass is 32.2. The number of carbonyl (C=O) groups excluding carboxylic acids is 3. The molecule has 0 radical (unpaired) electrons. The van der Waals surface area contributed by atoms with Gasteiger partial charge in [-0.3, -0.25) is 15.0 Å².